The topological polar surface area (TPSA) is 79.7 Å². The first-order valence-electron chi connectivity index (χ1n) is 10.3. The van der Waals surface area contributed by atoms with E-state index in [1.165, 1.54) is 23.3 Å². The van der Waals surface area contributed by atoms with Crippen LogP contribution in [0, 0.1) is 0 Å². The van der Waals surface area contributed by atoms with Gasteiger partial charge in [-0.05, 0) is 61.8 Å². The second kappa shape index (κ2) is 7.22. The molecule has 0 saturated carbocycles. The predicted octanol–water partition coefficient (Wildman–Crippen LogP) is 3.42. The first-order valence-corrected chi connectivity index (χ1v) is 11.1. The molecule has 3 aliphatic rings. The van der Waals surface area contributed by atoms with E-state index in [0.29, 0.717) is 43.0 Å². The van der Waals surface area contributed by atoms with Gasteiger partial charge in [0.25, 0.3) is 5.91 Å². The Kier molecular flexibility index (Phi) is 4.67. The summed E-state index contributed by atoms with van der Waals surface area (Å²) < 4.78 is 6.20. The van der Waals surface area contributed by atoms with Gasteiger partial charge in [0.05, 0.1) is 17.8 Å². The molecule has 4 heterocycles. The van der Waals surface area contributed by atoms with E-state index >= 15 is 0 Å². The number of thiophene rings is 1. The van der Waals surface area contributed by atoms with Crippen molar-refractivity contribution in [2.75, 3.05) is 19.7 Å². The van der Waals surface area contributed by atoms with Gasteiger partial charge in [-0.25, -0.2) is 4.79 Å². The molecule has 0 aromatic carbocycles. The highest BCUT2D eigenvalue weighted by Gasteiger charge is 2.43. The van der Waals surface area contributed by atoms with Gasteiger partial charge in [-0.3, -0.25) is 9.78 Å². The first-order chi connectivity index (χ1) is 14.1. The highest BCUT2D eigenvalue weighted by molar-refractivity contribution is 7.14. The van der Waals surface area contributed by atoms with Crippen LogP contribution in [0.3, 0.4) is 0 Å². The SMILES string of the molecule is O=C(O)c1cc2c(s1)CCOC21CCN(C(=O)c2cnc3c(c2)CCCC3)CC1. The van der Waals surface area contributed by atoms with Crippen molar-refractivity contribution < 1.29 is 19.4 Å². The van der Waals surface area contributed by atoms with Crippen LogP contribution in [0.4, 0.5) is 0 Å². The number of aromatic nitrogens is 1. The van der Waals surface area contributed by atoms with Crippen LogP contribution in [0.25, 0.3) is 0 Å². The number of carboxylic acids is 1. The Balaban J connectivity index is 1.33. The van der Waals surface area contributed by atoms with Crippen LogP contribution in [-0.2, 0) is 29.6 Å². The molecular formula is C22H24N2O4S. The van der Waals surface area contributed by atoms with Gasteiger partial charge < -0.3 is 14.7 Å². The van der Waals surface area contributed by atoms with E-state index < -0.39 is 11.6 Å². The fourth-order valence-electron chi connectivity index (χ4n) is 4.89. The van der Waals surface area contributed by atoms with Crippen molar-refractivity contribution in [2.24, 2.45) is 0 Å². The van der Waals surface area contributed by atoms with Crippen LogP contribution in [0.1, 0.15) is 67.4 Å². The maximum atomic E-state index is 13.1. The number of fused-ring (bicyclic) bond motifs is 3. The van der Waals surface area contributed by atoms with E-state index in [1.807, 2.05) is 11.0 Å². The van der Waals surface area contributed by atoms with Crippen LogP contribution in [0.15, 0.2) is 18.3 Å². The minimum Gasteiger partial charge on any atom is -0.477 e. The molecule has 0 unspecified atom stereocenters. The number of ether oxygens (including phenoxy) is 1. The van der Waals surface area contributed by atoms with Crippen molar-refractivity contribution in [3.63, 3.8) is 0 Å². The first kappa shape index (κ1) is 18.8. The lowest BCUT2D eigenvalue weighted by Crippen LogP contribution is -2.48. The lowest BCUT2D eigenvalue weighted by atomic mass is 9.82. The lowest BCUT2D eigenvalue weighted by molar-refractivity contribution is -0.0926. The van der Waals surface area contributed by atoms with Gasteiger partial charge >= 0.3 is 5.97 Å². The fraction of sp³-hybridized carbons (Fsp3) is 0.500. The number of aryl methyl sites for hydroxylation is 2. The molecule has 29 heavy (non-hydrogen) atoms. The van der Waals surface area contributed by atoms with Gasteiger partial charge in [-0.15, -0.1) is 11.3 Å². The summed E-state index contributed by atoms with van der Waals surface area (Å²) >= 11 is 1.36. The van der Waals surface area contributed by atoms with Gasteiger partial charge in [-0.1, -0.05) is 0 Å². The molecule has 0 bridgehead atoms. The number of carboxylic acid groups (broad SMARTS) is 1. The molecule has 1 N–H and O–H groups in total. The van der Waals surface area contributed by atoms with Crippen LogP contribution < -0.4 is 0 Å². The molecule has 7 heteroatoms. The Morgan fingerprint density at radius 2 is 1.93 bits per heavy atom. The zero-order valence-electron chi connectivity index (χ0n) is 16.3. The Hall–Kier alpha value is -2.25. The number of likely N-dealkylation sites (tertiary alicyclic amines) is 1. The van der Waals surface area contributed by atoms with E-state index in [9.17, 15) is 14.7 Å². The number of aromatic carboxylic acids is 1. The highest BCUT2D eigenvalue weighted by atomic mass is 32.1. The van der Waals surface area contributed by atoms with Crippen LogP contribution >= 0.6 is 11.3 Å². The van der Waals surface area contributed by atoms with Gasteiger partial charge in [-0.2, -0.15) is 0 Å². The quantitative estimate of drug-likeness (QED) is 0.818. The lowest BCUT2D eigenvalue weighted by Gasteiger charge is -2.44. The van der Waals surface area contributed by atoms with Crippen molar-refractivity contribution >= 4 is 23.2 Å². The van der Waals surface area contributed by atoms with Gasteiger partial charge in [0.15, 0.2) is 0 Å². The van der Waals surface area contributed by atoms with Crippen molar-refractivity contribution in [3.05, 3.63) is 50.5 Å². The van der Waals surface area contributed by atoms with E-state index in [0.717, 1.165) is 41.8 Å². The van der Waals surface area contributed by atoms with E-state index in [-0.39, 0.29) is 5.91 Å². The van der Waals surface area contributed by atoms with Gasteiger partial charge in [0.2, 0.25) is 0 Å². The molecule has 5 rings (SSSR count). The molecule has 1 saturated heterocycles. The second-order valence-corrected chi connectivity index (χ2v) is 9.31. The second-order valence-electron chi connectivity index (χ2n) is 8.17. The third-order valence-corrected chi connectivity index (χ3v) is 7.68. The van der Waals surface area contributed by atoms with Crippen molar-refractivity contribution in [3.8, 4) is 0 Å². The van der Waals surface area contributed by atoms with Crippen molar-refractivity contribution in [1.82, 2.24) is 9.88 Å². The molecule has 0 atom stereocenters. The summed E-state index contributed by atoms with van der Waals surface area (Å²) in [5.41, 5.74) is 3.60. The highest BCUT2D eigenvalue weighted by Crippen LogP contribution is 2.44. The van der Waals surface area contributed by atoms with E-state index in [2.05, 4.69) is 4.98 Å². The minimum atomic E-state index is -0.882. The number of rotatable bonds is 2. The normalized spacial score (nSPS) is 20.2. The average molecular weight is 413 g/mol. The summed E-state index contributed by atoms with van der Waals surface area (Å²) in [6.07, 6.45) is 8.23. The summed E-state index contributed by atoms with van der Waals surface area (Å²) in [5.74, 6) is -0.847. The maximum Gasteiger partial charge on any atom is 0.345 e. The smallest absolute Gasteiger partial charge is 0.345 e. The summed E-state index contributed by atoms with van der Waals surface area (Å²) in [6, 6.07) is 3.81. The number of nitrogens with zero attached hydrogens (tertiary/aromatic N) is 2. The molecule has 2 aromatic rings. The Morgan fingerprint density at radius 3 is 2.72 bits per heavy atom. The Morgan fingerprint density at radius 1 is 1.14 bits per heavy atom. The van der Waals surface area contributed by atoms with Crippen molar-refractivity contribution in [2.45, 2.75) is 50.5 Å². The maximum absolute atomic E-state index is 13.1. The van der Waals surface area contributed by atoms with E-state index in [1.54, 1.807) is 12.3 Å². The third kappa shape index (κ3) is 3.26. The van der Waals surface area contributed by atoms with Crippen LogP contribution in [0.2, 0.25) is 0 Å². The molecule has 2 aromatic heterocycles. The molecule has 1 amide bonds. The molecule has 1 aliphatic carbocycles. The number of carbonyl (C=O) groups excluding carboxylic acids is 1. The molecular weight excluding hydrogens is 388 g/mol. The number of carbonyl (C=O) groups is 2. The minimum absolute atomic E-state index is 0.0355. The van der Waals surface area contributed by atoms with Gasteiger partial charge in [0, 0.05) is 36.3 Å². The van der Waals surface area contributed by atoms with E-state index in [4.69, 9.17) is 4.74 Å². The molecule has 2 aliphatic heterocycles. The predicted molar refractivity (Wildman–Crippen MR) is 109 cm³/mol. The summed E-state index contributed by atoms with van der Waals surface area (Å²) in [7, 11) is 0. The number of hydrogen-bond donors (Lipinski definition) is 1. The number of hydrogen-bond acceptors (Lipinski definition) is 5. The third-order valence-electron chi connectivity index (χ3n) is 6.49. The standard InChI is InChI=1S/C22H24N2O4S/c25-20(15-11-14-3-1-2-4-17(14)23-13-15)24-8-6-22(7-9-24)16-12-19(21(26)27)29-18(16)5-10-28-22/h11-13H,1-10H2,(H,26,27). The molecule has 152 valence electrons. The summed E-state index contributed by atoms with van der Waals surface area (Å²) in [5, 5.41) is 9.36. The molecule has 1 spiro atoms. The number of amides is 1. The fourth-order valence-corrected chi connectivity index (χ4v) is 5.96. The summed E-state index contributed by atoms with van der Waals surface area (Å²) in [6.45, 7) is 1.82. The number of pyridine rings is 1. The summed E-state index contributed by atoms with van der Waals surface area (Å²) in [4.78, 5) is 32.4. The van der Waals surface area contributed by atoms with Gasteiger partial charge in [0.1, 0.15) is 4.88 Å². The number of piperidine rings is 1. The molecule has 1 fully saturated rings. The largest absolute Gasteiger partial charge is 0.477 e. The monoisotopic (exact) mass is 412 g/mol. The zero-order valence-corrected chi connectivity index (χ0v) is 17.1. The molecule has 6 nitrogen and oxygen atoms in total. The van der Waals surface area contributed by atoms with Crippen LogP contribution in [0.5, 0.6) is 0 Å². The van der Waals surface area contributed by atoms with Crippen LogP contribution in [-0.4, -0.2) is 46.6 Å². The Bertz CT molecular complexity index is 975. The Labute approximate surface area is 173 Å². The van der Waals surface area contributed by atoms with Crippen molar-refractivity contribution in [1.29, 1.82) is 0 Å². The zero-order chi connectivity index (χ0) is 20.0. The average Bonchev–Trinajstić information content (AvgIpc) is 3.20. The molecule has 0 radical (unpaired) electrons.